The van der Waals surface area contributed by atoms with Gasteiger partial charge in [0, 0.05) is 6.04 Å². The van der Waals surface area contributed by atoms with Crippen LogP contribution in [0.3, 0.4) is 0 Å². The van der Waals surface area contributed by atoms with Gasteiger partial charge in [0.2, 0.25) is 5.91 Å². The number of hydrogen-bond acceptors (Lipinski definition) is 4. The van der Waals surface area contributed by atoms with Crippen LogP contribution in [0.5, 0.6) is 0 Å². The monoisotopic (exact) mass is 393 g/mol. The summed E-state index contributed by atoms with van der Waals surface area (Å²) in [4.78, 5) is 25.7. The van der Waals surface area contributed by atoms with E-state index in [1.165, 1.54) is 4.90 Å². The average Bonchev–Trinajstić information content (AvgIpc) is 3.02. The van der Waals surface area contributed by atoms with Crippen molar-refractivity contribution in [3.8, 4) is 0 Å². The van der Waals surface area contributed by atoms with Crippen LogP contribution in [0.2, 0.25) is 0 Å². The van der Waals surface area contributed by atoms with Gasteiger partial charge >= 0.3 is 5.97 Å². The molecule has 0 bridgehead atoms. The molecule has 3 unspecified atom stereocenters. The molecule has 27 heavy (non-hydrogen) atoms. The van der Waals surface area contributed by atoms with E-state index < -0.39 is 33.5 Å². The third-order valence-corrected chi connectivity index (χ3v) is 7.37. The topological polar surface area (TPSA) is 91.8 Å². The summed E-state index contributed by atoms with van der Waals surface area (Å²) in [5.41, 5.74) is 1.06. The van der Waals surface area contributed by atoms with Crippen LogP contribution in [0.25, 0.3) is 0 Å². The molecule has 1 saturated heterocycles. The largest absolute Gasteiger partial charge is 0.480 e. The molecule has 0 aromatic heterocycles. The Labute approximate surface area is 160 Å². The van der Waals surface area contributed by atoms with E-state index in [9.17, 15) is 23.1 Å². The number of aliphatic carboxylic acids is 1. The maximum atomic E-state index is 12.7. The average molecular weight is 394 g/mol. The normalized spacial score (nSPS) is 25.2. The smallest absolute Gasteiger partial charge is 0.326 e. The minimum Gasteiger partial charge on any atom is -0.480 e. The Morgan fingerprint density at radius 2 is 1.81 bits per heavy atom. The first kappa shape index (κ1) is 19.9. The van der Waals surface area contributed by atoms with Crippen LogP contribution in [0.4, 0.5) is 0 Å². The van der Waals surface area contributed by atoms with Crippen molar-refractivity contribution in [2.45, 2.75) is 57.0 Å². The zero-order chi connectivity index (χ0) is 19.4. The van der Waals surface area contributed by atoms with Gasteiger partial charge in [-0.1, -0.05) is 43.2 Å². The van der Waals surface area contributed by atoms with Gasteiger partial charge in [-0.25, -0.2) is 13.2 Å². The van der Waals surface area contributed by atoms with Crippen molar-refractivity contribution in [1.82, 2.24) is 4.90 Å². The molecule has 0 spiro atoms. The summed E-state index contributed by atoms with van der Waals surface area (Å²) in [6.45, 7) is 0. The van der Waals surface area contributed by atoms with Gasteiger partial charge in [0.15, 0.2) is 9.84 Å². The van der Waals surface area contributed by atoms with Crippen LogP contribution in [-0.4, -0.2) is 53.9 Å². The lowest BCUT2D eigenvalue weighted by molar-refractivity contribution is -0.148. The highest BCUT2D eigenvalue weighted by Crippen LogP contribution is 2.39. The number of fused-ring (bicyclic) bond motifs is 1. The fourth-order valence-corrected chi connectivity index (χ4v) is 5.77. The number of carbonyl (C=O) groups is 2. The molecule has 1 N–H and O–H groups in total. The highest BCUT2D eigenvalue weighted by Gasteiger charge is 2.47. The lowest BCUT2D eigenvalue weighted by atomic mass is 9.85. The second-order valence-corrected chi connectivity index (χ2v) is 9.87. The third kappa shape index (κ3) is 4.89. The highest BCUT2D eigenvalue weighted by atomic mass is 32.2. The number of carboxylic acids is 1. The van der Waals surface area contributed by atoms with Crippen LogP contribution >= 0.6 is 0 Å². The number of carboxylic acid groups (broad SMARTS) is 1. The number of nitrogens with zero attached hydrogens (tertiary/aromatic N) is 1. The Bertz CT molecular complexity index is 777. The van der Waals surface area contributed by atoms with Gasteiger partial charge < -0.3 is 10.0 Å². The number of benzene rings is 1. The maximum Gasteiger partial charge on any atom is 0.326 e. The van der Waals surface area contributed by atoms with Crippen molar-refractivity contribution in [2.24, 2.45) is 5.92 Å². The molecule has 1 aliphatic carbocycles. The summed E-state index contributed by atoms with van der Waals surface area (Å²) < 4.78 is 24.9. The summed E-state index contributed by atoms with van der Waals surface area (Å²) in [7, 11) is -3.56. The fraction of sp³-hybridized carbons (Fsp3) is 0.600. The van der Waals surface area contributed by atoms with E-state index >= 15 is 0 Å². The third-order valence-electron chi connectivity index (χ3n) is 5.77. The second kappa shape index (κ2) is 8.42. The van der Waals surface area contributed by atoms with Crippen LogP contribution in [0.15, 0.2) is 30.3 Å². The SMILES string of the molecule is O=C(O)C1CC2CCCCC2N1C(=O)CS(=O)(=O)CCCc1ccccc1. The molecule has 1 aromatic rings. The first-order chi connectivity index (χ1) is 12.9. The van der Waals surface area contributed by atoms with Crippen LogP contribution in [0.1, 0.15) is 44.1 Å². The minimum absolute atomic E-state index is 0.0622. The predicted molar refractivity (Wildman–Crippen MR) is 102 cm³/mol. The standard InChI is InChI=1S/C20H27NO5S/c22-19(14-27(25,26)12-6-9-15-7-2-1-3-8-15)21-17-11-5-4-10-16(17)13-18(21)20(23)24/h1-3,7-8,16-18H,4-6,9-14H2,(H,23,24). The summed E-state index contributed by atoms with van der Waals surface area (Å²) in [5.74, 6) is -2.04. The Morgan fingerprint density at radius 3 is 2.52 bits per heavy atom. The van der Waals surface area contributed by atoms with Crippen molar-refractivity contribution in [2.75, 3.05) is 11.5 Å². The first-order valence-corrected chi connectivity index (χ1v) is 11.5. The molecule has 7 heteroatoms. The number of likely N-dealkylation sites (tertiary alicyclic amines) is 1. The Balaban J connectivity index is 1.61. The fourth-order valence-electron chi connectivity index (χ4n) is 4.51. The molecule has 1 aromatic carbocycles. The molecule has 1 saturated carbocycles. The molecule has 2 aliphatic rings. The molecule has 3 rings (SSSR count). The van der Waals surface area contributed by atoms with E-state index in [0.717, 1.165) is 31.2 Å². The number of aryl methyl sites for hydroxylation is 1. The minimum atomic E-state index is -3.56. The van der Waals surface area contributed by atoms with Gasteiger partial charge in [0.25, 0.3) is 0 Å². The Kier molecular flexibility index (Phi) is 6.19. The maximum absolute atomic E-state index is 12.7. The van der Waals surface area contributed by atoms with Crippen LogP contribution < -0.4 is 0 Å². The van der Waals surface area contributed by atoms with E-state index in [0.29, 0.717) is 19.3 Å². The zero-order valence-electron chi connectivity index (χ0n) is 15.4. The molecule has 1 aliphatic heterocycles. The lowest BCUT2D eigenvalue weighted by Gasteiger charge is -2.33. The van der Waals surface area contributed by atoms with Crippen LogP contribution in [-0.2, 0) is 25.8 Å². The molecule has 2 fully saturated rings. The molecular weight excluding hydrogens is 366 g/mol. The van der Waals surface area contributed by atoms with Gasteiger partial charge in [-0.15, -0.1) is 0 Å². The Hall–Kier alpha value is -1.89. The van der Waals surface area contributed by atoms with Crippen molar-refractivity contribution in [1.29, 1.82) is 0 Å². The molecule has 6 nitrogen and oxygen atoms in total. The van der Waals surface area contributed by atoms with E-state index in [1.807, 2.05) is 30.3 Å². The predicted octanol–water partition coefficient (Wildman–Crippen LogP) is 2.28. The van der Waals surface area contributed by atoms with Gasteiger partial charge in [0.05, 0.1) is 5.75 Å². The molecule has 1 amide bonds. The summed E-state index contributed by atoms with van der Waals surface area (Å²) in [6, 6.07) is 8.62. The van der Waals surface area contributed by atoms with Gasteiger partial charge in [0.1, 0.15) is 11.8 Å². The summed E-state index contributed by atoms with van der Waals surface area (Å²) >= 11 is 0. The van der Waals surface area contributed by atoms with E-state index in [4.69, 9.17) is 0 Å². The molecule has 1 heterocycles. The highest BCUT2D eigenvalue weighted by molar-refractivity contribution is 7.92. The lowest BCUT2D eigenvalue weighted by Crippen LogP contribution is -2.48. The number of carbonyl (C=O) groups excluding carboxylic acids is 1. The van der Waals surface area contributed by atoms with Crippen molar-refractivity contribution in [3.05, 3.63) is 35.9 Å². The van der Waals surface area contributed by atoms with E-state index in [2.05, 4.69) is 0 Å². The zero-order valence-corrected chi connectivity index (χ0v) is 16.2. The number of sulfone groups is 1. The van der Waals surface area contributed by atoms with Crippen LogP contribution in [0, 0.1) is 5.92 Å². The summed E-state index contributed by atoms with van der Waals surface area (Å²) in [6.07, 6.45) is 5.24. The Morgan fingerprint density at radius 1 is 1.11 bits per heavy atom. The molecular formula is C20H27NO5S. The second-order valence-electron chi connectivity index (χ2n) is 7.68. The number of rotatable bonds is 7. The molecule has 148 valence electrons. The van der Waals surface area contributed by atoms with E-state index in [1.54, 1.807) is 0 Å². The van der Waals surface area contributed by atoms with Crippen molar-refractivity contribution >= 4 is 21.7 Å². The van der Waals surface area contributed by atoms with Crippen molar-refractivity contribution < 1.29 is 23.1 Å². The van der Waals surface area contributed by atoms with Gasteiger partial charge in [-0.2, -0.15) is 0 Å². The first-order valence-electron chi connectivity index (χ1n) is 9.66. The number of amides is 1. The number of hydrogen-bond donors (Lipinski definition) is 1. The van der Waals surface area contributed by atoms with E-state index in [-0.39, 0.29) is 17.7 Å². The van der Waals surface area contributed by atoms with Crippen molar-refractivity contribution in [3.63, 3.8) is 0 Å². The van der Waals surface area contributed by atoms with Gasteiger partial charge in [-0.3, -0.25) is 4.79 Å². The quantitative estimate of drug-likeness (QED) is 0.767. The summed E-state index contributed by atoms with van der Waals surface area (Å²) in [5, 5.41) is 9.50. The molecule has 3 atom stereocenters. The van der Waals surface area contributed by atoms with Gasteiger partial charge in [-0.05, 0) is 43.6 Å². The molecule has 0 radical (unpaired) electrons.